The lowest BCUT2D eigenvalue weighted by atomic mass is 10.3. The second-order valence-electron chi connectivity index (χ2n) is 3.75. The van der Waals surface area contributed by atoms with Gasteiger partial charge in [-0.15, -0.1) is 0 Å². The van der Waals surface area contributed by atoms with Crippen molar-refractivity contribution in [2.75, 3.05) is 7.11 Å². The average Bonchev–Trinajstić information content (AvgIpc) is 2.83. The number of methoxy groups -OCH3 is 1. The number of aromatic nitrogens is 3. The van der Waals surface area contributed by atoms with Crippen LogP contribution in [-0.4, -0.2) is 21.5 Å². The van der Waals surface area contributed by atoms with Gasteiger partial charge < -0.3 is 9.14 Å². The van der Waals surface area contributed by atoms with Crippen LogP contribution in [0, 0.1) is 0 Å². The summed E-state index contributed by atoms with van der Waals surface area (Å²) in [5.41, 5.74) is 1.43. The molecule has 0 fully saturated rings. The zero-order valence-corrected chi connectivity index (χ0v) is 11.5. The summed E-state index contributed by atoms with van der Waals surface area (Å²) in [6, 6.07) is 0. The lowest BCUT2D eigenvalue weighted by Crippen LogP contribution is -1.84. The van der Waals surface area contributed by atoms with Crippen molar-refractivity contribution in [2.45, 2.75) is 6.92 Å². The van der Waals surface area contributed by atoms with Gasteiger partial charge in [-0.3, -0.25) is 0 Å². The molecule has 0 bridgehead atoms. The number of allylic oxidation sites excluding steroid dienone is 4. The van der Waals surface area contributed by atoms with Crippen LogP contribution in [0.2, 0.25) is 5.15 Å². The summed E-state index contributed by atoms with van der Waals surface area (Å²) in [4.78, 5) is 8.37. The minimum Gasteiger partial charge on any atom is -0.497 e. The fourth-order valence-electron chi connectivity index (χ4n) is 1.54. The van der Waals surface area contributed by atoms with Gasteiger partial charge in [-0.25, -0.2) is 9.97 Å². The molecule has 2 heterocycles. The molecule has 0 unspecified atom stereocenters. The van der Waals surface area contributed by atoms with E-state index in [1.54, 1.807) is 19.5 Å². The first-order valence-electron chi connectivity index (χ1n) is 5.79. The quantitative estimate of drug-likeness (QED) is 0.633. The van der Waals surface area contributed by atoms with Crippen molar-refractivity contribution in [3.63, 3.8) is 0 Å². The van der Waals surface area contributed by atoms with Crippen molar-refractivity contribution >= 4 is 23.3 Å². The van der Waals surface area contributed by atoms with Crippen molar-refractivity contribution in [2.24, 2.45) is 0 Å². The summed E-state index contributed by atoms with van der Waals surface area (Å²) in [6.07, 6.45) is 14.8. The van der Waals surface area contributed by atoms with E-state index in [0.717, 1.165) is 11.5 Å². The van der Waals surface area contributed by atoms with E-state index in [1.165, 1.54) is 0 Å². The highest BCUT2D eigenvalue weighted by molar-refractivity contribution is 6.32. The molecule has 0 aromatic carbocycles. The van der Waals surface area contributed by atoms with Gasteiger partial charge in [0.05, 0.1) is 12.8 Å². The van der Waals surface area contributed by atoms with Crippen LogP contribution < -0.4 is 0 Å². The maximum Gasteiger partial charge on any atom is 0.175 e. The average molecular weight is 276 g/mol. The van der Waals surface area contributed by atoms with Gasteiger partial charge in [-0.1, -0.05) is 23.8 Å². The Morgan fingerprint density at radius 3 is 3.00 bits per heavy atom. The minimum atomic E-state index is 0.388. The van der Waals surface area contributed by atoms with Crippen LogP contribution in [0.4, 0.5) is 0 Å². The van der Waals surface area contributed by atoms with Crippen molar-refractivity contribution in [3.8, 4) is 0 Å². The number of hydrogen-bond acceptors (Lipinski definition) is 3. The smallest absolute Gasteiger partial charge is 0.175 e. The SMILES string of the molecule is C\C=C/C=C(\C=C\c1cn2ccnc(Cl)c2n1)OC. The van der Waals surface area contributed by atoms with Crippen LogP contribution in [0.5, 0.6) is 0 Å². The summed E-state index contributed by atoms with van der Waals surface area (Å²) >= 11 is 5.97. The second-order valence-corrected chi connectivity index (χ2v) is 4.10. The molecule has 0 saturated carbocycles. The predicted molar refractivity (Wildman–Crippen MR) is 76.9 cm³/mol. The van der Waals surface area contributed by atoms with Crippen molar-refractivity contribution < 1.29 is 4.74 Å². The zero-order valence-electron chi connectivity index (χ0n) is 10.7. The van der Waals surface area contributed by atoms with Crippen molar-refractivity contribution in [1.82, 2.24) is 14.4 Å². The molecule has 4 nitrogen and oxygen atoms in total. The Kier molecular flexibility index (Phi) is 4.36. The Bertz CT molecular complexity index is 656. The molecule has 0 aliphatic heterocycles. The highest BCUT2D eigenvalue weighted by Gasteiger charge is 2.03. The zero-order chi connectivity index (χ0) is 13.7. The molecular formula is C14H14ClN3O. The molecule has 0 radical (unpaired) electrons. The number of rotatable bonds is 4. The molecule has 0 amide bonds. The molecule has 2 rings (SSSR count). The van der Waals surface area contributed by atoms with Crippen LogP contribution in [0.15, 0.2) is 48.7 Å². The Morgan fingerprint density at radius 2 is 2.32 bits per heavy atom. The molecule has 0 aliphatic rings. The maximum atomic E-state index is 5.97. The second kappa shape index (κ2) is 6.20. The van der Waals surface area contributed by atoms with Gasteiger partial charge in [0.25, 0.3) is 0 Å². The molecule has 98 valence electrons. The molecule has 5 heteroatoms. The monoisotopic (exact) mass is 275 g/mol. The Labute approximate surface area is 116 Å². The van der Waals surface area contributed by atoms with Gasteiger partial charge in [-0.2, -0.15) is 0 Å². The molecule has 0 saturated heterocycles. The molecule has 0 aliphatic carbocycles. The normalized spacial score (nSPS) is 12.9. The van der Waals surface area contributed by atoms with Gasteiger partial charge in [0.2, 0.25) is 0 Å². The molecule has 0 spiro atoms. The minimum absolute atomic E-state index is 0.388. The van der Waals surface area contributed by atoms with E-state index in [1.807, 2.05) is 47.9 Å². The van der Waals surface area contributed by atoms with Gasteiger partial charge in [-0.05, 0) is 25.2 Å². The van der Waals surface area contributed by atoms with E-state index >= 15 is 0 Å². The van der Waals surface area contributed by atoms with Crippen LogP contribution in [0.3, 0.4) is 0 Å². The van der Waals surface area contributed by atoms with Gasteiger partial charge >= 0.3 is 0 Å². The number of hydrogen-bond donors (Lipinski definition) is 0. The number of halogens is 1. The van der Waals surface area contributed by atoms with Crippen LogP contribution in [0.1, 0.15) is 12.6 Å². The third-order valence-electron chi connectivity index (χ3n) is 2.46. The van der Waals surface area contributed by atoms with Crippen molar-refractivity contribution in [1.29, 1.82) is 0 Å². The van der Waals surface area contributed by atoms with Crippen LogP contribution in [-0.2, 0) is 4.74 Å². The topological polar surface area (TPSA) is 39.4 Å². The first-order valence-corrected chi connectivity index (χ1v) is 6.16. The van der Waals surface area contributed by atoms with E-state index in [-0.39, 0.29) is 0 Å². The van der Waals surface area contributed by atoms with Crippen LogP contribution in [0.25, 0.3) is 11.7 Å². The number of ether oxygens (including phenoxy) is 1. The summed E-state index contributed by atoms with van der Waals surface area (Å²) in [5.74, 6) is 0.749. The van der Waals surface area contributed by atoms with E-state index in [9.17, 15) is 0 Å². The van der Waals surface area contributed by atoms with Gasteiger partial charge in [0.15, 0.2) is 10.8 Å². The summed E-state index contributed by atoms with van der Waals surface area (Å²) in [6.45, 7) is 1.95. The number of fused-ring (bicyclic) bond motifs is 1. The Balaban J connectivity index is 2.28. The highest BCUT2D eigenvalue weighted by Crippen LogP contribution is 2.14. The van der Waals surface area contributed by atoms with E-state index < -0.39 is 0 Å². The standard InChI is InChI=1S/C14H14ClN3O/c1-3-4-5-12(19-2)7-6-11-10-18-9-8-16-13(15)14(18)17-11/h3-10H,1-2H3/b4-3-,7-6+,12-5+. The molecule has 2 aromatic rings. The predicted octanol–water partition coefficient (Wildman–Crippen LogP) is 3.50. The first-order chi connectivity index (χ1) is 9.24. The fourth-order valence-corrected chi connectivity index (χ4v) is 1.73. The summed E-state index contributed by atoms with van der Waals surface area (Å²) < 4.78 is 7.05. The van der Waals surface area contributed by atoms with Gasteiger partial charge in [0, 0.05) is 18.6 Å². The third kappa shape index (κ3) is 3.23. The Hall–Kier alpha value is -2.07. The fraction of sp³-hybridized carbons (Fsp3) is 0.143. The molecule has 0 atom stereocenters. The maximum absolute atomic E-state index is 5.97. The molecule has 2 aromatic heterocycles. The summed E-state index contributed by atoms with van der Waals surface area (Å²) in [5, 5.41) is 0.388. The van der Waals surface area contributed by atoms with Gasteiger partial charge in [0.1, 0.15) is 5.76 Å². The lowest BCUT2D eigenvalue weighted by Gasteiger charge is -1.96. The largest absolute Gasteiger partial charge is 0.497 e. The van der Waals surface area contributed by atoms with E-state index in [0.29, 0.717) is 10.8 Å². The third-order valence-corrected chi connectivity index (χ3v) is 2.72. The van der Waals surface area contributed by atoms with E-state index in [2.05, 4.69) is 9.97 Å². The molecule has 0 N–H and O–H groups in total. The van der Waals surface area contributed by atoms with Crippen LogP contribution >= 0.6 is 11.6 Å². The number of nitrogens with zero attached hydrogens (tertiary/aromatic N) is 3. The Morgan fingerprint density at radius 1 is 1.47 bits per heavy atom. The number of imidazole rings is 1. The first kappa shape index (κ1) is 13.4. The highest BCUT2D eigenvalue weighted by atomic mass is 35.5. The molecule has 19 heavy (non-hydrogen) atoms. The van der Waals surface area contributed by atoms with Crippen molar-refractivity contribution in [3.05, 3.63) is 59.5 Å². The lowest BCUT2D eigenvalue weighted by molar-refractivity contribution is 0.307. The summed E-state index contributed by atoms with van der Waals surface area (Å²) in [7, 11) is 1.63. The van der Waals surface area contributed by atoms with E-state index in [4.69, 9.17) is 16.3 Å². The molecular weight excluding hydrogens is 262 g/mol.